The molecule has 0 aliphatic carbocycles. The lowest BCUT2D eigenvalue weighted by Gasteiger charge is -2.09. The van der Waals surface area contributed by atoms with Crippen LogP contribution in [0.4, 0.5) is 3.89 Å². The predicted octanol–water partition coefficient (Wildman–Crippen LogP) is 2.80. The minimum Gasteiger partial charge on any atom is -0.356 e. The Morgan fingerprint density at radius 3 is 2.85 bits per heavy atom. The van der Waals surface area contributed by atoms with E-state index in [9.17, 15) is 8.68 Å². The smallest absolute Gasteiger partial charge is 0.220 e. The highest BCUT2D eigenvalue weighted by Gasteiger charge is 2.03. The number of amides is 1. The summed E-state index contributed by atoms with van der Waals surface area (Å²) in [5.74, 6) is 1.07. The maximum atomic E-state index is 11.6. The largest absolute Gasteiger partial charge is 0.356 e. The van der Waals surface area contributed by atoms with Crippen LogP contribution in [0.15, 0.2) is 0 Å². The number of nitrogens with one attached hydrogen (secondary N) is 1. The van der Waals surface area contributed by atoms with E-state index in [4.69, 9.17) is 0 Å². The van der Waals surface area contributed by atoms with Crippen LogP contribution in [0, 0.1) is 5.92 Å². The molecule has 0 aromatic heterocycles. The zero-order valence-corrected chi connectivity index (χ0v) is 9.64. The van der Waals surface area contributed by atoms with Gasteiger partial charge in [0.1, 0.15) is 11.2 Å². The van der Waals surface area contributed by atoms with Gasteiger partial charge in [0.15, 0.2) is 0 Å². The van der Waals surface area contributed by atoms with E-state index in [1.54, 1.807) is 0 Å². The molecule has 2 nitrogen and oxygen atoms in total. The summed E-state index contributed by atoms with van der Waals surface area (Å²) in [6.45, 7) is 4.90. The van der Waals surface area contributed by atoms with Gasteiger partial charge in [-0.05, 0) is 5.92 Å². The highest BCUT2D eigenvalue weighted by molar-refractivity contribution is 8.74. The molecule has 0 fully saturated rings. The Labute approximate surface area is 87.1 Å². The van der Waals surface area contributed by atoms with Crippen LogP contribution >= 0.6 is 22.0 Å². The zero-order valence-electron chi connectivity index (χ0n) is 8.01. The Kier molecular flexibility index (Phi) is 8.75. The first kappa shape index (κ1) is 13.1. The van der Waals surface area contributed by atoms with Crippen molar-refractivity contribution >= 4 is 27.9 Å². The third-order valence-electron chi connectivity index (χ3n) is 1.80. The van der Waals surface area contributed by atoms with E-state index in [1.807, 2.05) is 0 Å². The zero-order chi connectivity index (χ0) is 10.1. The van der Waals surface area contributed by atoms with E-state index in [0.717, 1.165) is 23.8 Å². The van der Waals surface area contributed by atoms with Gasteiger partial charge in [0.05, 0.1) is 0 Å². The highest BCUT2D eigenvalue weighted by atomic mass is 33.1. The summed E-state index contributed by atoms with van der Waals surface area (Å²) in [7, 11) is 1.07. The molecule has 78 valence electrons. The fourth-order valence-electron chi connectivity index (χ4n) is 0.687. The van der Waals surface area contributed by atoms with Crippen molar-refractivity contribution in [2.75, 3.05) is 12.3 Å². The highest BCUT2D eigenvalue weighted by Crippen LogP contribution is 2.21. The van der Waals surface area contributed by atoms with Gasteiger partial charge in [-0.15, -0.1) is 0 Å². The molecule has 0 spiro atoms. The van der Waals surface area contributed by atoms with E-state index in [-0.39, 0.29) is 17.1 Å². The van der Waals surface area contributed by atoms with Crippen LogP contribution in [-0.4, -0.2) is 18.2 Å². The molecule has 0 aliphatic rings. The molecular weight excluding hydrogens is 209 g/mol. The number of carbonyl (C=O) groups excluding carboxylic acids is 1. The molecule has 0 heterocycles. The van der Waals surface area contributed by atoms with Gasteiger partial charge < -0.3 is 5.32 Å². The first-order chi connectivity index (χ1) is 6.20. The van der Waals surface area contributed by atoms with Crippen molar-refractivity contribution in [1.82, 2.24) is 5.32 Å². The van der Waals surface area contributed by atoms with Crippen LogP contribution in [0.5, 0.6) is 0 Å². The van der Waals surface area contributed by atoms with Gasteiger partial charge in [0.25, 0.3) is 0 Å². The Bertz CT molecular complexity index is 146. The Morgan fingerprint density at radius 2 is 2.31 bits per heavy atom. The standard InChI is InChI=1S/C8H16FNOS2/c1-3-7(2)6-10-8(11)4-5-12-13-9/h7H,3-6H2,1-2H3,(H,10,11). The minimum atomic E-state index is 0.0156. The Morgan fingerprint density at radius 1 is 1.62 bits per heavy atom. The summed E-state index contributed by atoms with van der Waals surface area (Å²) >= 11 is 0.209. The number of hydrogen-bond donors (Lipinski definition) is 1. The molecule has 0 aliphatic heterocycles. The summed E-state index contributed by atoms with van der Waals surface area (Å²) in [4.78, 5) is 11.1. The summed E-state index contributed by atoms with van der Waals surface area (Å²) < 4.78 is 11.6. The maximum Gasteiger partial charge on any atom is 0.220 e. The Hall–Kier alpha value is 0.1000. The lowest BCUT2D eigenvalue weighted by atomic mass is 10.1. The summed E-state index contributed by atoms with van der Waals surface area (Å²) in [6.07, 6.45) is 1.47. The van der Waals surface area contributed by atoms with Crippen molar-refractivity contribution in [2.24, 2.45) is 5.92 Å². The molecule has 0 radical (unpaired) electrons. The predicted molar refractivity (Wildman–Crippen MR) is 58.2 cm³/mol. The number of carbonyl (C=O) groups is 1. The van der Waals surface area contributed by atoms with Gasteiger partial charge in [-0.1, -0.05) is 31.1 Å². The fourth-order valence-corrected chi connectivity index (χ4v) is 1.46. The van der Waals surface area contributed by atoms with E-state index in [1.165, 1.54) is 0 Å². The van der Waals surface area contributed by atoms with Crippen LogP contribution in [-0.2, 0) is 4.79 Å². The third kappa shape index (κ3) is 8.43. The van der Waals surface area contributed by atoms with Gasteiger partial charge in [-0.2, -0.15) is 3.89 Å². The second-order valence-electron chi connectivity index (χ2n) is 2.95. The van der Waals surface area contributed by atoms with E-state index < -0.39 is 0 Å². The van der Waals surface area contributed by atoms with Gasteiger partial charge >= 0.3 is 0 Å². The van der Waals surface area contributed by atoms with Crippen LogP contribution in [0.1, 0.15) is 26.7 Å². The molecule has 1 N–H and O–H groups in total. The average Bonchev–Trinajstić information content (AvgIpc) is 2.14. The van der Waals surface area contributed by atoms with Crippen LogP contribution in [0.2, 0.25) is 0 Å². The molecule has 1 atom stereocenters. The van der Waals surface area contributed by atoms with Gasteiger partial charge in [-0.3, -0.25) is 4.79 Å². The van der Waals surface area contributed by atoms with Crippen LogP contribution in [0.25, 0.3) is 0 Å². The molecule has 0 saturated carbocycles. The summed E-state index contributed by atoms with van der Waals surface area (Å²) in [6, 6.07) is 0. The first-order valence-electron chi connectivity index (χ1n) is 4.37. The fraction of sp³-hybridized carbons (Fsp3) is 0.875. The van der Waals surface area contributed by atoms with E-state index >= 15 is 0 Å². The molecule has 0 aromatic rings. The molecule has 13 heavy (non-hydrogen) atoms. The second-order valence-corrected chi connectivity index (χ2v) is 4.81. The molecular formula is C8H16FNOS2. The second kappa shape index (κ2) is 8.69. The van der Waals surface area contributed by atoms with E-state index in [2.05, 4.69) is 19.2 Å². The molecule has 0 saturated heterocycles. The van der Waals surface area contributed by atoms with Crippen molar-refractivity contribution < 1.29 is 8.68 Å². The average molecular weight is 225 g/mol. The number of rotatable bonds is 7. The normalized spacial score (nSPS) is 12.5. The quantitative estimate of drug-likeness (QED) is 0.533. The minimum absolute atomic E-state index is 0.0156. The van der Waals surface area contributed by atoms with Gasteiger partial charge in [0.2, 0.25) is 5.91 Å². The van der Waals surface area contributed by atoms with Crippen molar-refractivity contribution in [3.05, 3.63) is 0 Å². The molecule has 1 unspecified atom stereocenters. The van der Waals surface area contributed by atoms with Crippen molar-refractivity contribution in [3.63, 3.8) is 0 Å². The van der Waals surface area contributed by atoms with Crippen LogP contribution < -0.4 is 5.32 Å². The van der Waals surface area contributed by atoms with Gasteiger partial charge in [-0.25, -0.2) is 0 Å². The molecule has 0 aromatic carbocycles. The van der Waals surface area contributed by atoms with Gasteiger partial charge in [0, 0.05) is 18.7 Å². The number of hydrogen-bond acceptors (Lipinski definition) is 3. The molecule has 5 heteroatoms. The number of halogens is 1. The third-order valence-corrected chi connectivity index (χ3v) is 3.03. The summed E-state index contributed by atoms with van der Waals surface area (Å²) in [5.41, 5.74) is 0. The summed E-state index contributed by atoms with van der Waals surface area (Å²) in [5, 5.41) is 2.81. The van der Waals surface area contributed by atoms with Crippen molar-refractivity contribution in [3.8, 4) is 0 Å². The molecule has 0 bridgehead atoms. The lowest BCUT2D eigenvalue weighted by molar-refractivity contribution is -0.120. The van der Waals surface area contributed by atoms with E-state index in [0.29, 0.717) is 18.1 Å². The lowest BCUT2D eigenvalue weighted by Crippen LogP contribution is -2.28. The maximum absolute atomic E-state index is 11.6. The Balaban J connectivity index is 3.30. The molecule has 1 amide bonds. The van der Waals surface area contributed by atoms with Crippen molar-refractivity contribution in [1.29, 1.82) is 0 Å². The SMILES string of the molecule is CCC(C)CNC(=O)CCSSF. The monoisotopic (exact) mass is 225 g/mol. The van der Waals surface area contributed by atoms with Crippen molar-refractivity contribution in [2.45, 2.75) is 26.7 Å². The molecule has 0 rings (SSSR count). The van der Waals surface area contributed by atoms with Crippen LogP contribution in [0.3, 0.4) is 0 Å². The first-order valence-corrected chi connectivity index (χ1v) is 6.59. The topological polar surface area (TPSA) is 29.1 Å².